The summed E-state index contributed by atoms with van der Waals surface area (Å²) in [4.78, 5) is 36.9. The van der Waals surface area contributed by atoms with Gasteiger partial charge >= 0.3 is 0 Å². The largest absolute Gasteiger partial charge is 0.394 e. The van der Waals surface area contributed by atoms with Gasteiger partial charge in [-0.2, -0.15) is 0 Å². The van der Waals surface area contributed by atoms with E-state index in [2.05, 4.69) is 9.97 Å². The Labute approximate surface area is 151 Å². The SMILES string of the molecule is CCC(=O)N1[C@@H](CO)[C@@H]2c3ccccc3N(C(=O)c3cnccn3)C[C@@H]21. The molecule has 0 spiro atoms. The van der Waals surface area contributed by atoms with Crippen LogP contribution in [0.15, 0.2) is 42.9 Å². The summed E-state index contributed by atoms with van der Waals surface area (Å²) in [6, 6.07) is 7.32. The van der Waals surface area contributed by atoms with Crippen LogP contribution >= 0.6 is 0 Å². The molecule has 1 fully saturated rings. The lowest BCUT2D eigenvalue weighted by Gasteiger charge is -2.58. The fourth-order valence-corrected chi connectivity index (χ4v) is 4.16. The lowest BCUT2D eigenvalue weighted by molar-refractivity contribution is -0.149. The van der Waals surface area contributed by atoms with E-state index < -0.39 is 0 Å². The second-order valence-electron chi connectivity index (χ2n) is 6.56. The van der Waals surface area contributed by atoms with Crippen LogP contribution in [-0.4, -0.2) is 57.0 Å². The standard InChI is InChI=1S/C19H20N4O3/c1-2-17(25)23-15-10-22(19(26)13-9-20-7-8-21-13)14-6-4-3-5-12(14)18(15)16(23)11-24/h3-9,15-16,18,24H,2,10-11H2,1H3/t15-,16-,18+/m0/s1. The number of likely N-dealkylation sites (tertiary alicyclic amines) is 1. The summed E-state index contributed by atoms with van der Waals surface area (Å²) in [6.07, 6.45) is 4.84. The molecule has 1 saturated heterocycles. The number of nitrogens with zero attached hydrogens (tertiary/aromatic N) is 4. The van der Waals surface area contributed by atoms with Crippen molar-refractivity contribution in [3.8, 4) is 0 Å². The number of aromatic nitrogens is 2. The Morgan fingerprint density at radius 2 is 2.08 bits per heavy atom. The van der Waals surface area contributed by atoms with Gasteiger partial charge in [-0.1, -0.05) is 25.1 Å². The molecule has 0 aliphatic carbocycles. The number of aliphatic hydroxyl groups is 1. The van der Waals surface area contributed by atoms with Gasteiger partial charge in [0.1, 0.15) is 5.69 Å². The maximum absolute atomic E-state index is 13.0. The molecule has 7 heteroatoms. The molecule has 3 atom stereocenters. The minimum Gasteiger partial charge on any atom is -0.394 e. The zero-order chi connectivity index (χ0) is 18.3. The third kappa shape index (κ3) is 2.39. The van der Waals surface area contributed by atoms with Gasteiger partial charge in [0.2, 0.25) is 5.91 Å². The van der Waals surface area contributed by atoms with Crippen LogP contribution in [0.5, 0.6) is 0 Å². The molecule has 1 aromatic carbocycles. The number of anilines is 1. The van der Waals surface area contributed by atoms with Crippen molar-refractivity contribution in [3.63, 3.8) is 0 Å². The Balaban J connectivity index is 1.75. The number of hydrogen-bond acceptors (Lipinski definition) is 5. The first-order valence-electron chi connectivity index (χ1n) is 8.76. The van der Waals surface area contributed by atoms with Gasteiger partial charge in [-0.05, 0) is 11.6 Å². The van der Waals surface area contributed by atoms with E-state index >= 15 is 0 Å². The van der Waals surface area contributed by atoms with Crippen LogP contribution in [0.3, 0.4) is 0 Å². The molecule has 3 heterocycles. The van der Waals surface area contributed by atoms with Crippen molar-refractivity contribution in [1.82, 2.24) is 14.9 Å². The van der Waals surface area contributed by atoms with Crippen molar-refractivity contribution in [2.45, 2.75) is 31.3 Å². The van der Waals surface area contributed by atoms with E-state index in [1.165, 1.54) is 18.6 Å². The number of rotatable bonds is 3. The van der Waals surface area contributed by atoms with Gasteiger partial charge < -0.3 is 14.9 Å². The first-order valence-corrected chi connectivity index (χ1v) is 8.76. The molecule has 1 aromatic heterocycles. The summed E-state index contributed by atoms with van der Waals surface area (Å²) in [7, 11) is 0. The second-order valence-corrected chi connectivity index (χ2v) is 6.56. The van der Waals surface area contributed by atoms with Gasteiger partial charge in [0.25, 0.3) is 5.91 Å². The zero-order valence-electron chi connectivity index (χ0n) is 14.4. The molecule has 26 heavy (non-hydrogen) atoms. The van der Waals surface area contributed by atoms with Crippen molar-refractivity contribution in [3.05, 3.63) is 54.1 Å². The Hall–Kier alpha value is -2.80. The Bertz CT molecular complexity index is 842. The Morgan fingerprint density at radius 1 is 1.27 bits per heavy atom. The third-order valence-corrected chi connectivity index (χ3v) is 5.30. The third-order valence-electron chi connectivity index (χ3n) is 5.30. The topological polar surface area (TPSA) is 86.6 Å². The molecule has 0 unspecified atom stereocenters. The molecule has 1 N–H and O–H groups in total. The predicted molar refractivity (Wildman–Crippen MR) is 94.7 cm³/mol. The molecule has 0 saturated carbocycles. The number of fused-ring (bicyclic) bond motifs is 3. The molecule has 0 radical (unpaired) electrons. The highest BCUT2D eigenvalue weighted by molar-refractivity contribution is 6.05. The van der Waals surface area contributed by atoms with Gasteiger partial charge in [-0.3, -0.25) is 14.6 Å². The van der Waals surface area contributed by atoms with Crippen LogP contribution in [0.4, 0.5) is 5.69 Å². The summed E-state index contributed by atoms with van der Waals surface area (Å²) >= 11 is 0. The highest BCUT2D eigenvalue weighted by Crippen LogP contribution is 2.48. The normalized spacial score (nSPS) is 23.7. The maximum atomic E-state index is 13.0. The molecule has 2 amide bonds. The minimum absolute atomic E-state index is 0.00316. The fraction of sp³-hybridized carbons (Fsp3) is 0.368. The average Bonchev–Trinajstić information content (AvgIpc) is 2.68. The van der Waals surface area contributed by atoms with Crippen molar-refractivity contribution < 1.29 is 14.7 Å². The molecule has 134 valence electrons. The number of aliphatic hydroxyl groups excluding tert-OH is 1. The molecule has 4 rings (SSSR count). The first kappa shape index (κ1) is 16.7. The summed E-state index contributed by atoms with van der Waals surface area (Å²) < 4.78 is 0. The van der Waals surface area contributed by atoms with E-state index in [4.69, 9.17) is 0 Å². The van der Waals surface area contributed by atoms with E-state index in [1.54, 1.807) is 9.80 Å². The number of amides is 2. The van der Waals surface area contributed by atoms with Gasteiger partial charge in [0.05, 0.1) is 24.9 Å². The molecule has 2 aliphatic heterocycles. The predicted octanol–water partition coefficient (Wildman–Crippen LogP) is 1.20. The molecular formula is C19H20N4O3. The summed E-state index contributed by atoms with van der Waals surface area (Å²) in [6.45, 7) is 2.11. The summed E-state index contributed by atoms with van der Waals surface area (Å²) in [5, 5.41) is 9.83. The van der Waals surface area contributed by atoms with Gasteiger partial charge in [0.15, 0.2) is 0 Å². The molecule has 2 aliphatic rings. The quantitative estimate of drug-likeness (QED) is 0.897. The first-order chi connectivity index (χ1) is 12.7. The van der Waals surface area contributed by atoms with E-state index in [-0.39, 0.29) is 42.1 Å². The average molecular weight is 352 g/mol. The van der Waals surface area contributed by atoms with Crippen LogP contribution in [0.1, 0.15) is 35.3 Å². The van der Waals surface area contributed by atoms with Crippen LogP contribution < -0.4 is 4.90 Å². The van der Waals surface area contributed by atoms with Crippen LogP contribution in [-0.2, 0) is 4.79 Å². The number of benzene rings is 1. The van der Waals surface area contributed by atoms with Gasteiger partial charge in [0, 0.05) is 37.0 Å². The molecule has 2 aromatic rings. The van der Waals surface area contributed by atoms with Crippen molar-refractivity contribution >= 4 is 17.5 Å². The molecular weight excluding hydrogens is 332 g/mol. The van der Waals surface area contributed by atoms with Gasteiger partial charge in [-0.15, -0.1) is 0 Å². The number of carbonyl (C=O) groups is 2. The van der Waals surface area contributed by atoms with Gasteiger partial charge in [-0.25, -0.2) is 4.98 Å². The monoisotopic (exact) mass is 352 g/mol. The van der Waals surface area contributed by atoms with Crippen molar-refractivity contribution in [1.29, 1.82) is 0 Å². The molecule has 0 bridgehead atoms. The lowest BCUT2D eigenvalue weighted by Crippen LogP contribution is -2.70. The van der Waals surface area contributed by atoms with E-state index in [0.717, 1.165) is 11.3 Å². The minimum atomic E-state index is -0.236. The fourth-order valence-electron chi connectivity index (χ4n) is 4.16. The molecule has 7 nitrogen and oxygen atoms in total. The van der Waals surface area contributed by atoms with E-state index in [0.29, 0.717) is 13.0 Å². The maximum Gasteiger partial charge on any atom is 0.278 e. The number of para-hydroxylation sites is 1. The number of hydrogen-bond donors (Lipinski definition) is 1. The highest BCUT2D eigenvalue weighted by atomic mass is 16.3. The lowest BCUT2D eigenvalue weighted by atomic mass is 9.71. The van der Waals surface area contributed by atoms with Crippen molar-refractivity contribution in [2.75, 3.05) is 18.1 Å². The second kappa shape index (κ2) is 6.49. The highest BCUT2D eigenvalue weighted by Gasteiger charge is 2.54. The number of carbonyl (C=O) groups excluding carboxylic acids is 2. The van der Waals surface area contributed by atoms with Crippen molar-refractivity contribution in [2.24, 2.45) is 0 Å². The summed E-state index contributed by atoms with van der Waals surface area (Å²) in [5.41, 5.74) is 2.07. The van der Waals surface area contributed by atoms with E-state index in [1.807, 2.05) is 31.2 Å². The van der Waals surface area contributed by atoms with Crippen LogP contribution in [0.2, 0.25) is 0 Å². The summed E-state index contributed by atoms with van der Waals surface area (Å²) in [5.74, 6) is -0.200. The Morgan fingerprint density at radius 3 is 2.77 bits per heavy atom. The Kier molecular flexibility index (Phi) is 4.16. The van der Waals surface area contributed by atoms with E-state index in [9.17, 15) is 14.7 Å². The van der Waals surface area contributed by atoms with Crippen LogP contribution in [0, 0.1) is 0 Å². The smallest absolute Gasteiger partial charge is 0.278 e. The zero-order valence-corrected chi connectivity index (χ0v) is 14.4. The van der Waals surface area contributed by atoms with Crippen LogP contribution in [0.25, 0.3) is 0 Å².